The Bertz CT molecular complexity index is 610. The number of nitrogens with zero attached hydrogens (tertiary/aromatic N) is 3. The zero-order chi connectivity index (χ0) is 18.1. The van der Waals surface area contributed by atoms with Crippen LogP contribution in [0, 0.1) is 0 Å². The van der Waals surface area contributed by atoms with Gasteiger partial charge in [-0.3, -0.25) is 4.90 Å². The van der Waals surface area contributed by atoms with Gasteiger partial charge in [-0.1, -0.05) is 11.8 Å². The third-order valence-corrected chi connectivity index (χ3v) is 3.90. The molecule has 0 N–H and O–H groups in total. The maximum atomic E-state index is 13.1. The number of halogens is 2. The van der Waals surface area contributed by atoms with E-state index in [2.05, 4.69) is 9.97 Å². The first-order chi connectivity index (χ1) is 11.1. The normalized spacial score (nSPS) is 19.8. The number of carbonyl (C=O) groups is 1. The monoisotopic (exact) mass is 361 g/mol. The summed E-state index contributed by atoms with van der Waals surface area (Å²) in [5.41, 5.74) is -0.840. The number of rotatable bonds is 5. The molecule has 2 atom stereocenters. The van der Waals surface area contributed by atoms with Crippen molar-refractivity contribution in [3.05, 3.63) is 11.8 Å². The molecule has 24 heavy (non-hydrogen) atoms. The third kappa shape index (κ3) is 4.32. The lowest BCUT2D eigenvalue weighted by Gasteiger charge is -2.31. The highest BCUT2D eigenvalue weighted by Gasteiger charge is 2.40. The molecule has 0 aromatic carbocycles. The molecule has 0 saturated carbocycles. The first-order valence-corrected chi connectivity index (χ1v) is 8.70. The Morgan fingerprint density at radius 3 is 2.62 bits per heavy atom. The van der Waals surface area contributed by atoms with Crippen LogP contribution in [0.2, 0.25) is 0 Å². The molecule has 9 heteroatoms. The number of cyclic esters (lactones) is 1. The SMILES string of the molecule is CSc1nc(C(F)F)cc(N2C(=O)OCC2[C@@H](C)OC(C)(C)C)n1. The molecule has 2 heterocycles. The maximum absolute atomic E-state index is 13.1. The highest BCUT2D eigenvalue weighted by Crippen LogP contribution is 2.30. The second-order valence-electron chi connectivity index (χ2n) is 6.39. The van der Waals surface area contributed by atoms with Gasteiger partial charge in [-0.15, -0.1) is 0 Å². The zero-order valence-corrected chi connectivity index (χ0v) is 15.1. The minimum Gasteiger partial charge on any atom is -0.447 e. The molecule has 1 unspecified atom stereocenters. The predicted molar refractivity (Wildman–Crippen MR) is 86.7 cm³/mol. The van der Waals surface area contributed by atoms with Crippen molar-refractivity contribution in [2.75, 3.05) is 17.8 Å². The fraction of sp³-hybridized carbons (Fsp3) is 0.667. The highest BCUT2D eigenvalue weighted by molar-refractivity contribution is 7.98. The van der Waals surface area contributed by atoms with E-state index < -0.39 is 29.9 Å². The second kappa shape index (κ2) is 7.18. The number of aromatic nitrogens is 2. The molecule has 6 nitrogen and oxygen atoms in total. The number of ether oxygens (including phenoxy) is 2. The van der Waals surface area contributed by atoms with Gasteiger partial charge in [0.15, 0.2) is 5.16 Å². The number of thioether (sulfide) groups is 1. The Hall–Kier alpha value is -1.48. The van der Waals surface area contributed by atoms with Crippen molar-refractivity contribution in [1.29, 1.82) is 0 Å². The van der Waals surface area contributed by atoms with E-state index in [-0.39, 0.29) is 23.7 Å². The van der Waals surface area contributed by atoms with E-state index in [0.717, 1.165) is 17.8 Å². The van der Waals surface area contributed by atoms with Crippen LogP contribution < -0.4 is 4.90 Å². The number of hydrogen-bond donors (Lipinski definition) is 0. The summed E-state index contributed by atoms with van der Waals surface area (Å²) in [5.74, 6) is 0.0986. The predicted octanol–water partition coefficient (Wildman–Crippen LogP) is 3.66. The molecule has 2 rings (SSSR count). The minimum atomic E-state index is -2.75. The average Bonchev–Trinajstić information content (AvgIpc) is 2.86. The summed E-state index contributed by atoms with van der Waals surface area (Å²) in [6, 6.07) is 0.667. The van der Waals surface area contributed by atoms with E-state index in [0.29, 0.717) is 0 Å². The van der Waals surface area contributed by atoms with Gasteiger partial charge in [0.2, 0.25) is 0 Å². The van der Waals surface area contributed by atoms with E-state index in [9.17, 15) is 13.6 Å². The maximum Gasteiger partial charge on any atom is 0.416 e. The Balaban J connectivity index is 2.36. The molecule has 134 valence electrons. The summed E-state index contributed by atoms with van der Waals surface area (Å²) in [4.78, 5) is 21.3. The van der Waals surface area contributed by atoms with Crippen LogP contribution >= 0.6 is 11.8 Å². The van der Waals surface area contributed by atoms with E-state index in [1.165, 1.54) is 4.90 Å². The van der Waals surface area contributed by atoms with Gasteiger partial charge in [0.1, 0.15) is 24.2 Å². The number of hydrogen-bond acceptors (Lipinski definition) is 6. The summed E-state index contributed by atoms with van der Waals surface area (Å²) in [6.45, 7) is 7.62. The molecule has 1 aliphatic rings. The van der Waals surface area contributed by atoms with E-state index in [1.807, 2.05) is 27.7 Å². The second-order valence-corrected chi connectivity index (χ2v) is 7.16. The van der Waals surface area contributed by atoms with Crippen molar-refractivity contribution >= 4 is 23.7 Å². The van der Waals surface area contributed by atoms with Gasteiger partial charge >= 0.3 is 6.09 Å². The van der Waals surface area contributed by atoms with Crippen LogP contribution in [0.1, 0.15) is 39.8 Å². The Morgan fingerprint density at radius 1 is 1.42 bits per heavy atom. The van der Waals surface area contributed by atoms with Crippen LogP contribution in [0.4, 0.5) is 19.4 Å². The molecular weight excluding hydrogens is 340 g/mol. The van der Waals surface area contributed by atoms with Crippen molar-refractivity contribution in [3.8, 4) is 0 Å². The Kier molecular flexibility index (Phi) is 5.64. The highest BCUT2D eigenvalue weighted by atomic mass is 32.2. The molecule has 1 aromatic rings. The van der Waals surface area contributed by atoms with Crippen molar-refractivity contribution in [2.45, 2.75) is 57.0 Å². The average molecular weight is 361 g/mol. The molecule has 0 aliphatic carbocycles. The first kappa shape index (κ1) is 18.9. The van der Waals surface area contributed by atoms with Crippen LogP contribution in [-0.4, -0.2) is 46.7 Å². The summed E-state index contributed by atoms with van der Waals surface area (Å²) in [5, 5.41) is 0.172. The molecule has 0 radical (unpaired) electrons. The van der Waals surface area contributed by atoms with Crippen LogP contribution in [0.3, 0.4) is 0 Å². The Morgan fingerprint density at radius 2 is 2.08 bits per heavy atom. The van der Waals surface area contributed by atoms with Gasteiger partial charge in [-0.05, 0) is 34.0 Å². The van der Waals surface area contributed by atoms with Crippen molar-refractivity contribution in [1.82, 2.24) is 9.97 Å². The lowest BCUT2D eigenvalue weighted by Crippen LogP contribution is -2.45. The van der Waals surface area contributed by atoms with E-state index in [4.69, 9.17) is 9.47 Å². The van der Waals surface area contributed by atoms with Crippen LogP contribution in [0.25, 0.3) is 0 Å². The van der Waals surface area contributed by atoms with Gasteiger partial charge in [0, 0.05) is 6.07 Å². The van der Waals surface area contributed by atoms with Gasteiger partial charge in [-0.25, -0.2) is 23.5 Å². The lowest BCUT2D eigenvalue weighted by atomic mass is 10.1. The molecule has 1 amide bonds. The van der Waals surface area contributed by atoms with Crippen molar-refractivity contribution in [2.24, 2.45) is 0 Å². The fourth-order valence-electron chi connectivity index (χ4n) is 2.44. The molecule has 0 bridgehead atoms. The van der Waals surface area contributed by atoms with Crippen LogP contribution in [-0.2, 0) is 9.47 Å². The third-order valence-electron chi connectivity index (χ3n) is 3.35. The van der Waals surface area contributed by atoms with E-state index in [1.54, 1.807) is 6.26 Å². The number of anilines is 1. The fourth-order valence-corrected chi connectivity index (χ4v) is 2.82. The smallest absolute Gasteiger partial charge is 0.416 e. The zero-order valence-electron chi connectivity index (χ0n) is 14.2. The number of alkyl halides is 2. The molecule has 1 fully saturated rings. The molecule has 1 aromatic heterocycles. The molecule has 0 spiro atoms. The summed E-state index contributed by atoms with van der Waals surface area (Å²) in [6.07, 6.45) is -2.06. The van der Waals surface area contributed by atoms with Crippen LogP contribution in [0.5, 0.6) is 0 Å². The van der Waals surface area contributed by atoms with Crippen molar-refractivity contribution in [3.63, 3.8) is 0 Å². The molecule has 1 saturated heterocycles. The van der Waals surface area contributed by atoms with Gasteiger partial charge in [0.25, 0.3) is 6.43 Å². The molecular formula is C15H21F2N3O3S. The first-order valence-electron chi connectivity index (χ1n) is 7.47. The topological polar surface area (TPSA) is 64.6 Å². The summed E-state index contributed by atoms with van der Waals surface area (Å²) >= 11 is 1.13. The summed E-state index contributed by atoms with van der Waals surface area (Å²) in [7, 11) is 0. The lowest BCUT2D eigenvalue weighted by molar-refractivity contribution is -0.0618. The van der Waals surface area contributed by atoms with Gasteiger partial charge in [0.05, 0.1) is 11.7 Å². The van der Waals surface area contributed by atoms with Crippen LogP contribution in [0.15, 0.2) is 11.2 Å². The van der Waals surface area contributed by atoms with E-state index >= 15 is 0 Å². The largest absolute Gasteiger partial charge is 0.447 e. The standard InChI is InChI=1S/C15H21F2N3O3S/c1-8(23-15(2,3)4)10-7-22-14(21)20(10)11-6-9(12(16)17)18-13(19-11)24-5/h6,8,10,12H,7H2,1-5H3/t8-,10?/m1/s1. The number of amides is 1. The Labute approximate surface area is 143 Å². The van der Waals surface area contributed by atoms with Gasteiger partial charge in [-0.2, -0.15) is 0 Å². The van der Waals surface area contributed by atoms with Crippen molar-refractivity contribution < 1.29 is 23.0 Å². The summed E-state index contributed by atoms with van der Waals surface area (Å²) < 4.78 is 37.1. The number of carbonyl (C=O) groups excluding carboxylic acids is 1. The molecule has 1 aliphatic heterocycles. The van der Waals surface area contributed by atoms with Gasteiger partial charge < -0.3 is 9.47 Å². The quantitative estimate of drug-likeness (QED) is 0.589. The minimum absolute atomic E-state index is 0.0986.